The molecule has 0 unspecified atom stereocenters. The zero-order valence-electron chi connectivity index (χ0n) is 26.3. The summed E-state index contributed by atoms with van der Waals surface area (Å²) in [5, 5.41) is 15.3. The van der Waals surface area contributed by atoms with Crippen LogP contribution in [0.25, 0.3) is 0 Å². The van der Waals surface area contributed by atoms with Crippen LogP contribution in [0.5, 0.6) is 11.5 Å². The Morgan fingerprint density at radius 2 is 1.65 bits per heavy atom. The molecular weight excluding hydrogens is 612 g/mol. The van der Waals surface area contributed by atoms with Gasteiger partial charge in [0.15, 0.2) is 0 Å². The molecule has 4 N–H and O–H groups in total. The lowest BCUT2D eigenvalue weighted by Crippen LogP contribution is -2.38. The molecule has 1 heterocycles. The van der Waals surface area contributed by atoms with Gasteiger partial charge in [-0.3, -0.25) is 14.4 Å². The highest BCUT2D eigenvalue weighted by atomic mass is 32.2. The van der Waals surface area contributed by atoms with E-state index in [-0.39, 0.29) is 35.3 Å². The fourth-order valence-corrected chi connectivity index (χ4v) is 5.66. The Balaban J connectivity index is 1.49. The summed E-state index contributed by atoms with van der Waals surface area (Å²) in [5.41, 5.74) is 1.15. The molecule has 0 radical (unpaired) electrons. The molecule has 0 aliphatic heterocycles. The number of methoxy groups -OCH3 is 1. The Morgan fingerprint density at radius 3 is 2.30 bits per heavy atom. The van der Waals surface area contributed by atoms with Crippen molar-refractivity contribution >= 4 is 39.2 Å². The number of rotatable bonds is 20. The second-order valence-corrected chi connectivity index (χ2v) is 12.7. The maximum atomic E-state index is 13.1. The van der Waals surface area contributed by atoms with Crippen molar-refractivity contribution in [3.8, 4) is 11.5 Å². The van der Waals surface area contributed by atoms with Gasteiger partial charge in [-0.25, -0.2) is 18.1 Å². The maximum Gasteiger partial charge on any atom is 0.304 e. The SMILES string of the molecule is COc1ccnc(NCCCOc2ccc(C[C@@H](CC(=O)O)NS(=O)(=O)c3ccc(NC(=O)CCCC(=O)C(C)C)cc3)cc2)c1. The molecule has 0 fully saturated rings. The van der Waals surface area contributed by atoms with Gasteiger partial charge in [0, 0.05) is 49.3 Å². The summed E-state index contributed by atoms with van der Waals surface area (Å²) in [7, 11) is -2.46. The minimum Gasteiger partial charge on any atom is -0.497 e. The van der Waals surface area contributed by atoms with Crippen molar-refractivity contribution in [2.45, 2.75) is 63.3 Å². The Kier molecular flexibility index (Phi) is 14.0. The molecule has 1 atom stereocenters. The first kappa shape index (κ1) is 36.0. The second-order valence-electron chi connectivity index (χ2n) is 11.0. The molecule has 1 aromatic heterocycles. The Morgan fingerprint density at radius 1 is 0.935 bits per heavy atom. The van der Waals surface area contributed by atoms with Crippen LogP contribution in [0.1, 0.15) is 51.5 Å². The minimum absolute atomic E-state index is 0.0659. The predicted molar refractivity (Wildman–Crippen MR) is 175 cm³/mol. The van der Waals surface area contributed by atoms with Crippen molar-refractivity contribution in [2.24, 2.45) is 5.92 Å². The first-order valence-corrected chi connectivity index (χ1v) is 16.6. The molecule has 1 amide bonds. The minimum atomic E-state index is -4.06. The lowest BCUT2D eigenvalue weighted by molar-refractivity contribution is -0.137. The van der Waals surface area contributed by atoms with Gasteiger partial charge in [0.25, 0.3) is 0 Å². The third-order valence-corrected chi connectivity index (χ3v) is 8.47. The van der Waals surface area contributed by atoms with Crippen LogP contribution < -0.4 is 24.8 Å². The topological polar surface area (TPSA) is 173 Å². The molecule has 248 valence electrons. The number of carboxylic acids is 1. The molecule has 12 nitrogen and oxygen atoms in total. The Hall–Kier alpha value is -4.49. The van der Waals surface area contributed by atoms with Gasteiger partial charge >= 0.3 is 5.97 Å². The average Bonchev–Trinajstić information content (AvgIpc) is 3.01. The number of nitrogens with one attached hydrogen (secondary N) is 3. The van der Waals surface area contributed by atoms with Crippen molar-refractivity contribution in [3.05, 3.63) is 72.4 Å². The number of pyridine rings is 1. The summed E-state index contributed by atoms with van der Waals surface area (Å²) >= 11 is 0. The summed E-state index contributed by atoms with van der Waals surface area (Å²) in [5.74, 6) is 0.666. The number of Topliss-reactive ketones (excluding diaryl/α,β-unsaturated/α-hetero) is 1. The van der Waals surface area contributed by atoms with Crippen LogP contribution in [-0.4, -0.2) is 62.5 Å². The van der Waals surface area contributed by atoms with Crippen LogP contribution in [0.4, 0.5) is 11.5 Å². The normalized spacial score (nSPS) is 11.9. The van der Waals surface area contributed by atoms with E-state index in [0.29, 0.717) is 49.0 Å². The van der Waals surface area contributed by atoms with E-state index in [4.69, 9.17) is 9.47 Å². The van der Waals surface area contributed by atoms with E-state index in [1.165, 1.54) is 24.3 Å². The van der Waals surface area contributed by atoms with Gasteiger partial charge in [0.05, 0.1) is 25.0 Å². The fourth-order valence-electron chi connectivity index (χ4n) is 4.43. The van der Waals surface area contributed by atoms with Crippen LogP contribution in [-0.2, 0) is 30.8 Å². The number of anilines is 2. The number of hydrogen-bond donors (Lipinski definition) is 4. The zero-order chi connectivity index (χ0) is 33.5. The third-order valence-electron chi connectivity index (χ3n) is 6.93. The van der Waals surface area contributed by atoms with Gasteiger partial charge in [0.2, 0.25) is 15.9 Å². The number of nitrogens with zero attached hydrogens (tertiary/aromatic N) is 1. The molecule has 3 aromatic rings. The zero-order valence-corrected chi connectivity index (χ0v) is 27.1. The Bertz CT molecular complexity index is 1540. The van der Waals surface area contributed by atoms with Crippen LogP contribution in [0.15, 0.2) is 71.8 Å². The molecule has 0 bridgehead atoms. The number of ketones is 1. The number of ether oxygens (including phenoxy) is 2. The molecule has 3 rings (SSSR count). The van der Waals surface area contributed by atoms with Gasteiger partial charge in [-0.05, 0) is 67.3 Å². The largest absolute Gasteiger partial charge is 0.497 e. The van der Waals surface area contributed by atoms with Crippen molar-refractivity contribution in [2.75, 3.05) is 30.9 Å². The average molecular weight is 655 g/mol. The number of amides is 1. The summed E-state index contributed by atoms with van der Waals surface area (Å²) < 4.78 is 39.7. The van der Waals surface area contributed by atoms with Gasteiger partial charge < -0.3 is 25.2 Å². The first-order chi connectivity index (χ1) is 21.9. The van der Waals surface area contributed by atoms with E-state index in [9.17, 15) is 27.9 Å². The highest BCUT2D eigenvalue weighted by Crippen LogP contribution is 2.19. The predicted octanol–water partition coefficient (Wildman–Crippen LogP) is 4.67. The smallest absolute Gasteiger partial charge is 0.304 e. The lowest BCUT2D eigenvalue weighted by Gasteiger charge is -2.18. The number of benzene rings is 2. The van der Waals surface area contributed by atoms with Crippen molar-refractivity contribution in [3.63, 3.8) is 0 Å². The molecule has 0 saturated carbocycles. The molecule has 0 saturated heterocycles. The lowest BCUT2D eigenvalue weighted by atomic mass is 10.0. The molecule has 0 spiro atoms. The quantitative estimate of drug-likeness (QED) is 0.125. The van der Waals surface area contributed by atoms with Gasteiger partial charge in [-0.15, -0.1) is 0 Å². The van der Waals surface area contributed by atoms with Crippen LogP contribution >= 0.6 is 0 Å². The molecule has 2 aromatic carbocycles. The standard InChI is InChI=1S/C33H42N4O8S/c1-23(2)30(38)6-4-7-32(39)36-25-10-14-29(15-11-25)46(42,43)37-26(21-33(40)41)20-24-8-12-27(13-9-24)45-19-5-17-34-31-22-28(44-3)16-18-35-31/h8-16,18,22-23,26,37H,4-7,17,19-21H2,1-3H3,(H,34,35)(H,36,39)(H,40,41)/t26-/m0/s1. The number of carbonyl (C=O) groups is 3. The first-order valence-electron chi connectivity index (χ1n) is 15.1. The van der Waals surface area contributed by atoms with Crippen LogP contribution in [0.3, 0.4) is 0 Å². The third kappa shape index (κ3) is 12.5. The van der Waals surface area contributed by atoms with E-state index in [1.54, 1.807) is 49.7 Å². The van der Waals surface area contributed by atoms with E-state index in [0.717, 1.165) is 12.0 Å². The monoisotopic (exact) mass is 654 g/mol. The number of carboxylic acid groups (broad SMARTS) is 1. The summed E-state index contributed by atoms with van der Waals surface area (Å²) in [6, 6.07) is 15.3. The molecular formula is C33H42N4O8S. The molecule has 46 heavy (non-hydrogen) atoms. The number of carbonyl (C=O) groups excluding carboxylic acids is 2. The van der Waals surface area contributed by atoms with Gasteiger partial charge in [0.1, 0.15) is 23.1 Å². The summed E-state index contributed by atoms with van der Waals surface area (Å²) in [4.78, 5) is 39.6. The number of hydrogen-bond acceptors (Lipinski definition) is 9. The number of aromatic nitrogens is 1. The van der Waals surface area contributed by atoms with E-state index in [2.05, 4.69) is 20.3 Å². The van der Waals surface area contributed by atoms with Crippen molar-refractivity contribution in [1.82, 2.24) is 9.71 Å². The molecule has 13 heteroatoms. The highest BCUT2D eigenvalue weighted by molar-refractivity contribution is 7.89. The molecule has 0 aliphatic carbocycles. The van der Waals surface area contributed by atoms with Crippen LogP contribution in [0.2, 0.25) is 0 Å². The van der Waals surface area contributed by atoms with E-state index in [1.807, 2.05) is 13.8 Å². The van der Waals surface area contributed by atoms with Gasteiger partial charge in [-0.2, -0.15) is 0 Å². The maximum absolute atomic E-state index is 13.1. The highest BCUT2D eigenvalue weighted by Gasteiger charge is 2.23. The van der Waals surface area contributed by atoms with Crippen molar-refractivity contribution in [1.29, 1.82) is 0 Å². The van der Waals surface area contributed by atoms with E-state index < -0.39 is 28.5 Å². The molecule has 0 aliphatic rings. The number of aliphatic carboxylic acids is 1. The summed E-state index contributed by atoms with van der Waals surface area (Å²) in [6.07, 6.45) is 3.04. The van der Waals surface area contributed by atoms with Gasteiger partial charge in [-0.1, -0.05) is 26.0 Å². The fraction of sp³-hybridized carbons (Fsp3) is 0.394. The van der Waals surface area contributed by atoms with E-state index >= 15 is 0 Å². The summed E-state index contributed by atoms with van der Waals surface area (Å²) in [6.45, 7) is 4.74. The number of sulfonamides is 1. The Labute approximate surface area is 270 Å². The second kappa shape index (κ2) is 17.9. The van der Waals surface area contributed by atoms with Crippen LogP contribution in [0, 0.1) is 5.92 Å². The van der Waals surface area contributed by atoms with Crippen molar-refractivity contribution < 1.29 is 37.4 Å².